The second-order valence-corrected chi connectivity index (χ2v) is 7.00. The summed E-state index contributed by atoms with van der Waals surface area (Å²) in [5.41, 5.74) is 2.69. The molecule has 6 heteroatoms. The number of methoxy groups -OCH3 is 2. The van der Waals surface area contributed by atoms with Crippen LogP contribution in [0.4, 0.5) is 9.18 Å². The van der Waals surface area contributed by atoms with E-state index in [2.05, 4.69) is 5.32 Å². The Hall–Kier alpha value is -3.54. The molecular weight excluding hydrogens is 395 g/mol. The number of urea groups is 1. The fourth-order valence-electron chi connectivity index (χ4n) is 3.55. The van der Waals surface area contributed by atoms with Gasteiger partial charge < -0.3 is 19.7 Å². The quantitative estimate of drug-likeness (QED) is 0.545. The Kier molecular flexibility index (Phi) is 7.49. The van der Waals surface area contributed by atoms with E-state index in [0.717, 1.165) is 16.7 Å². The monoisotopic (exact) mass is 422 g/mol. The van der Waals surface area contributed by atoms with E-state index >= 15 is 0 Å². The van der Waals surface area contributed by atoms with Gasteiger partial charge in [0, 0.05) is 13.1 Å². The molecule has 2 amide bonds. The first-order valence-electron chi connectivity index (χ1n) is 10.1. The van der Waals surface area contributed by atoms with Crippen LogP contribution in [0.5, 0.6) is 11.5 Å². The molecule has 0 aromatic heterocycles. The minimum Gasteiger partial charge on any atom is -0.493 e. The van der Waals surface area contributed by atoms with Gasteiger partial charge in [-0.15, -0.1) is 0 Å². The molecule has 0 radical (unpaired) electrons. The molecule has 3 rings (SSSR count). The van der Waals surface area contributed by atoms with Gasteiger partial charge in [-0.1, -0.05) is 48.5 Å². The molecule has 0 unspecified atom stereocenters. The Bertz CT molecular complexity index is 993. The van der Waals surface area contributed by atoms with Crippen molar-refractivity contribution in [3.05, 3.63) is 95.3 Å². The van der Waals surface area contributed by atoms with E-state index in [4.69, 9.17) is 9.47 Å². The van der Waals surface area contributed by atoms with E-state index < -0.39 is 0 Å². The summed E-state index contributed by atoms with van der Waals surface area (Å²) in [6, 6.07) is 21.0. The van der Waals surface area contributed by atoms with Crippen molar-refractivity contribution in [1.82, 2.24) is 10.2 Å². The minimum absolute atomic E-state index is 0.213. The highest BCUT2D eigenvalue weighted by molar-refractivity contribution is 5.75. The smallest absolute Gasteiger partial charge is 0.318 e. The summed E-state index contributed by atoms with van der Waals surface area (Å²) >= 11 is 0. The lowest BCUT2D eigenvalue weighted by atomic mass is 9.97. The summed E-state index contributed by atoms with van der Waals surface area (Å²) in [6.07, 6.45) is 0. The highest BCUT2D eigenvalue weighted by atomic mass is 19.1. The van der Waals surface area contributed by atoms with Crippen LogP contribution in [0.15, 0.2) is 72.8 Å². The van der Waals surface area contributed by atoms with E-state index in [9.17, 15) is 9.18 Å². The maximum atomic E-state index is 13.5. The molecule has 31 heavy (non-hydrogen) atoms. The van der Waals surface area contributed by atoms with Gasteiger partial charge in [0.2, 0.25) is 0 Å². The molecule has 162 valence electrons. The zero-order valence-corrected chi connectivity index (χ0v) is 18.0. The average Bonchev–Trinajstić information content (AvgIpc) is 2.82. The van der Waals surface area contributed by atoms with Crippen molar-refractivity contribution >= 4 is 6.03 Å². The van der Waals surface area contributed by atoms with Gasteiger partial charge in [-0.3, -0.25) is 0 Å². The Morgan fingerprint density at radius 3 is 2.19 bits per heavy atom. The molecule has 5 nitrogen and oxygen atoms in total. The van der Waals surface area contributed by atoms with Crippen LogP contribution in [0.1, 0.15) is 29.7 Å². The zero-order valence-electron chi connectivity index (χ0n) is 18.0. The van der Waals surface area contributed by atoms with Crippen LogP contribution >= 0.6 is 0 Å². The number of carbonyl (C=O) groups is 1. The summed E-state index contributed by atoms with van der Waals surface area (Å²) in [5.74, 6) is 0.930. The standard InChI is InChI=1S/C25H27FN2O3/c1-4-28(25(29)27-17-18-10-15-22(30-2)23(16-18)31-3)24(19-8-6-5-7-9-19)20-11-13-21(26)14-12-20/h5-16,24H,4,17H2,1-3H3,(H,27,29)/t24-/m1/s1. The molecule has 0 aliphatic rings. The van der Waals surface area contributed by atoms with Crippen LogP contribution < -0.4 is 14.8 Å². The average molecular weight is 423 g/mol. The van der Waals surface area contributed by atoms with Gasteiger partial charge >= 0.3 is 6.03 Å². The lowest BCUT2D eigenvalue weighted by Crippen LogP contribution is -2.42. The van der Waals surface area contributed by atoms with Gasteiger partial charge in [-0.05, 0) is 47.9 Å². The summed E-state index contributed by atoms with van der Waals surface area (Å²) in [4.78, 5) is 14.9. The molecule has 1 atom stereocenters. The van der Waals surface area contributed by atoms with Gasteiger partial charge in [0.05, 0.1) is 20.3 Å². The van der Waals surface area contributed by atoms with Crippen molar-refractivity contribution in [3.8, 4) is 11.5 Å². The zero-order chi connectivity index (χ0) is 22.2. The van der Waals surface area contributed by atoms with Gasteiger partial charge in [0.1, 0.15) is 5.82 Å². The topological polar surface area (TPSA) is 50.8 Å². The summed E-state index contributed by atoms with van der Waals surface area (Å²) < 4.78 is 24.1. The first-order valence-corrected chi connectivity index (χ1v) is 10.1. The molecule has 3 aromatic rings. The minimum atomic E-state index is -0.336. The van der Waals surface area contributed by atoms with Crippen LogP contribution in [0.3, 0.4) is 0 Å². The Labute approximate surface area is 182 Å². The number of ether oxygens (including phenoxy) is 2. The Morgan fingerprint density at radius 2 is 1.58 bits per heavy atom. The van der Waals surface area contributed by atoms with Crippen molar-refractivity contribution in [2.24, 2.45) is 0 Å². The molecule has 1 N–H and O–H groups in total. The molecule has 0 saturated heterocycles. The number of hydrogen-bond acceptors (Lipinski definition) is 3. The van der Waals surface area contributed by atoms with Crippen LogP contribution in [0.2, 0.25) is 0 Å². The molecule has 0 spiro atoms. The highest BCUT2D eigenvalue weighted by Crippen LogP contribution is 2.30. The van der Waals surface area contributed by atoms with Crippen LogP contribution in [-0.2, 0) is 6.54 Å². The largest absolute Gasteiger partial charge is 0.493 e. The van der Waals surface area contributed by atoms with Crippen molar-refractivity contribution in [2.75, 3.05) is 20.8 Å². The first kappa shape index (κ1) is 22.2. The normalized spacial score (nSPS) is 11.5. The molecule has 0 fully saturated rings. The van der Waals surface area contributed by atoms with Gasteiger partial charge in [-0.25, -0.2) is 9.18 Å². The predicted octanol–water partition coefficient (Wildman–Crippen LogP) is 5.16. The molecule has 0 aliphatic carbocycles. The van der Waals surface area contributed by atoms with Crippen LogP contribution in [0.25, 0.3) is 0 Å². The number of rotatable bonds is 8. The molecule has 0 heterocycles. The van der Waals surface area contributed by atoms with Gasteiger partial charge in [-0.2, -0.15) is 0 Å². The number of nitrogens with zero attached hydrogens (tertiary/aromatic N) is 1. The number of hydrogen-bond donors (Lipinski definition) is 1. The summed E-state index contributed by atoms with van der Waals surface area (Å²) in [6.45, 7) is 2.74. The maximum Gasteiger partial charge on any atom is 0.318 e. The van der Waals surface area contributed by atoms with Crippen molar-refractivity contribution in [2.45, 2.75) is 19.5 Å². The second-order valence-electron chi connectivity index (χ2n) is 7.00. The second kappa shape index (κ2) is 10.5. The molecular formula is C25H27FN2O3. The van der Waals surface area contributed by atoms with E-state index in [1.807, 2.05) is 55.5 Å². The molecule has 3 aromatic carbocycles. The van der Waals surface area contributed by atoms with Crippen molar-refractivity contribution in [1.29, 1.82) is 0 Å². The lowest BCUT2D eigenvalue weighted by molar-refractivity contribution is 0.187. The molecule has 0 aliphatic heterocycles. The van der Waals surface area contributed by atoms with Crippen molar-refractivity contribution < 1.29 is 18.7 Å². The van der Waals surface area contributed by atoms with Crippen LogP contribution in [-0.4, -0.2) is 31.7 Å². The number of amides is 2. The van der Waals surface area contributed by atoms with Crippen LogP contribution in [0, 0.1) is 5.82 Å². The number of carbonyl (C=O) groups excluding carboxylic acids is 1. The third-order valence-electron chi connectivity index (χ3n) is 5.11. The predicted molar refractivity (Wildman–Crippen MR) is 119 cm³/mol. The molecule has 0 saturated carbocycles. The number of halogens is 1. The van der Waals surface area contributed by atoms with E-state index in [-0.39, 0.29) is 17.9 Å². The summed E-state index contributed by atoms with van der Waals surface area (Å²) in [7, 11) is 3.16. The maximum absolute atomic E-state index is 13.5. The SMILES string of the molecule is CCN(C(=O)NCc1ccc(OC)c(OC)c1)[C@H](c1ccccc1)c1ccc(F)cc1. The van der Waals surface area contributed by atoms with E-state index in [1.165, 1.54) is 12.1 Å². The number of nitrogens with one attached hydrogen (secondary N) is 1. The first-order chi connectivity index (χ1) is 15.1. The Balaban J connectivity index is 1.83. The lowest BCUT2D eigenvalue weighted by Gasteiger charge is -2.32. The third-order valence-corrected chi connectivity index (χ3v) is 5.11. The fourth-order valence-corrected chi connectivity index (χ4v) is 3.55. The fraction of sp³-hybridized carbons (Fsp3) is 0.240. The Morgan fingerprint density at radius 1 is 0.935 bits per heavy atom. The number of benzene rings is 3. The molecule has 0 bridgehead atoms. The van der Waals surface area contributed by atoms with Gasteiger partial charge in [0.25, 0.3) is 0 Å². The van der Waals surface area contributed by atoms with E-state index in [0.29, 0.717) is 24.6 Å². The summed E-state index contributed by atoms with van der Waals surface area (Å²) in [5, 5.41) is 2.99. The highest BCUT2D eigenvalue weighted by Gasteiger charge is 2.25. The van der Waals surface area contributed by atoms with Crippen molar-refractivity contribution in [3.63, 3.8) is 0 Å². The third kappa shape index (κ3) is 5.34. The van der Waals surface area contributed by atoms with E-state index in [1.54, 1.807) is 31.3 Å². The van der Waals surface area contributed by atoms with Gasteiger partial charge in [0.15, 0.2) is 11.5 Å².